The number of carbonyl (C=O) groups excluding carboxylic acids is 2. The summed E-state index contributed by atoms with van der Waals surface area (Å²) in [5, 5.41) is 8.86. The molecule has 0 aliphatic carbocycles. The third-order valence-electron chi connectivity index (χ3n) is 7.23. The molecule has 1 fully saturated rings. The normalized spacial score (nSPS) is 14.1. The van der Waals surface area contributed by atoms with Crippen LogP contribution in [0.15, 0.2) is 60.7 Å². The summed E-state index contributed by atoms with van der Waals surface area (Å²) in [5.41, 5.74) is 2.57. The lowest BCUT2D eigenvalue weighted by molar-refractivity contribution is -0.142. The number of benzene rings is 2. The van der Waals surface area contributed by atoms with E-state index in [9.17, 15) is 9.59 Å². The average molecular weight is 532 g/mol. The molecule has 1 aliphatic rings. The van der Waals surface area contributed by atoms with Crippen molar-refractivity contribution in [1.29, 1.82) is 0 Å². The number of ether oxygens (including phenoxy) is 2. The van der Waals surface area contributed by atoms with Crippen LogP contribution in [0.3, 0.4) is 0 Å². The molecule has 4 rings (SSSR count). The molecule has 1 saturated heterocycles. The van der Waals surface area contributed by atoms with Crippen LogP contribution in [0.2, 0.25) is 0 Å². The largest absolute Gasteiger partial charge is 0.493 e. The fourth-order valence-corrected chi connectivity index (χ4v) is 4.66. The Kier molecular flexibility index (Phi) is 9.35. The lowest BCUT2D eigenvalue weighted by atomic mass is 10.1. The highest BCUT2D eigenvalue weighted by atomic mass is 16.5. The van der Waals surface area contributed by atoms with Crippen LogP contribution in [0.5, 0.6) is 11.5 Å². The van der Waals surface area contributed by atoms with Gasteiger partial charge in [0.15, 0.2) is 17.3 Å². The van der Waals surface area contributed by atoms with Crippen LogP contribution in [0.25, 0.3) is 11.3 Å². The lowest BCUT2D eigenvalue weighted by Gasteiger charge is -2.37. The summed E-state index contributed by atoms with van der Waals surface area (Å²) in [5.74, 6) is 2.02. The molecular weight excluding hydrogens is 494 g/mol. The number of carbonyl (C=O) groups is 2. The van der Waals surface area contributed by atoms with Gasteiger partial charge in [-0.25, -0.2) is 0 Å². The Hall–Kier alpha value is -4.14. The average Bonchev–Trinajstić information content (AvgIpc) is 2.99. The zero-order chi connectivity index (χ0) is 27.8. The summed E-state index contributed by atoms with van der Waals surface area (Å²) in [6, 6.07) is 19.2. The number of aromatic nitrogens is 2. The predicted molar refractivity (Wildman–Crippen MR) is 151 cm³/mol. The molecular formula is C30H37N5O4. The highest BCUT2D eigenvalue weighted by Crippen LogP contribution is 2.31. The molecule has 0 unspecified atom stereocenters. The van der Waals surface area contributed by atoms with Crippen molar-refractivity contribution in [3.8, 4) is 22.8 Å². The predicted octanol–water partition coefficient (Wildman–Crippen LogP) is 3.68. The molecule has 1 aromatic heterocycles. The standard InChI is InChI=1S/C30H37N5O4/c1-5-22(2)35(29(36)19-23-9-7-6-8-10-23)21-30(37)34-17-15-33(16-18-34)28-14-12-25(31-32-28)24-11-13-26(38-3)27(20-24)39-4/h6-14,20,22H,5,15-19,21H2,1-4H3/t22-/m0/s1. The number of hydrogen-bond acceptors (Lipinski definition) is 7. The van der Waals surface area contributed by atoms with Gasteiger partial charge in [-0.05, 0) is 49.2 Å². The van der Waals surface area contributed by atoms with Crippen LogP contribution in [-0.2, 0) is 16.0 Å². The number of anilines is 1. The number of rotatable bonds is 10. The molecule has 0 radical (unpaired) electrons. The van der Waals surface area contributed by atoms with E-state index in [0.29, 0.717) is 44.1 Å². The Morgan fingerprint density at radius 1 is 0.923 bits per heavy atom. The molecule has 2 heterocycles. The van der Waals surface area contributed by atoms with Crippen molar-refractivity contribution in [2.45, 2.75) is 32.7 Å². The molecule has 206 valence electrons. The van der Waals surface area contributed by atoms with Crippen LogP contribution in [-0.4, -0.2) is 84.8 Å². The Morgan fingerprint density at radius 3 is 2.26 bits per heavy atom. The highest BCUT2D eigenvalue weighted by Gasteiger charge is 2.27. The maximum absolute atomic E-state index is 13.2. The van der Waals surface area contributed by atoms with Crippen LogP contribution in [0, 0.1) is 0 Å². The Morgan fingerprint density at radius 2 is 1.64 bits per heavy atom. The number of hydrogen-bond donors (Lipinski definition) is 0. The maximum Gasteiger partial charge on any atom is 0.242 e. The third-order valence-corrected chi connectivity index (χ3v) is 7.23. The quantitative estimate of drug-likeness (QED) is 0.394. The van der Waals surface area contributed by atoms with Crippen LogP contribution < -0.4 is 14.4 Å². The van der Waals surface area contributed by atoms with Gasteiger partial charge in [-0.1, -0.05) is 37.3 Å². The molecule has 2 amide bonds. The molecule has 9 nitrogen and oxygen atoms in total. The minimum absolute atomic E-state index is 0.00842. The minimum Gasteiger partial charge on any atom is -0.493 e. The summed E-state index contributed by atoms with van der Waals surface area (Å²) >= 11 is 0. The molecule has 3 aromatic rings. The molecule has 0 saturated carbocycles. The lowest BCUT2D eigenvalue weighted by Crippen LogP contribution is -2.53. The van der Waals surface area contributed by atoms with Crippen molar-refractivity contribution >= 4 is 17.6 Å². The second-order valence-electron chi connectivity index (χ2n) is 9.66. The molecule has 39 heavy (non-hydrogen) atoms. The zero-order valence-electron chi connectivity index (χ0n) is 23.2. The molecule has 0 N–H and O–H groups in total. The van der Waals surface area contributed by atoms with Gasteiger partial charge < -0.3 is 24.2 Å². The van der Waals surface area contributed by atoms with E-state index in [0.717, 1.165) is 29.1 Å². The minimum atomic E-state index is -0.0220. The van der Waals surface area contributed by atoms with Gasteiger partial charge in [0.1, 0.15) is 6.54 Å². The first-order valence-electron chi connectivity index (χ1n) is 13.4. The van der Waals surface area contributed by atoms with E-state index in [-0.39, 0.29) is 24.4 Å². The zero-order valence-corrected chi connectivity index (χ0v) is 23.2. The van der Waals surface area contributed by atoms with E-state index < -0.39 is 0 Å². The Balaban J connectivity index is 1.34. The van der Waals surface area contributed by atoms with E-state index in [1.165, 1.54) is 0 Å². The number of nitrogens with zero attached hydrogens (tertiary/aromatic N) is 5. The third kappa shape index (κ3) is 6.85. The van der Waals surface area contributed by atoms with Crippen molar-refractivity contribution < 1.29 is 19.1 Å². The second-order valence-corrected chi connectivity index (χ2v) is 9.66. The second kappa shape index (κ2) is 13.1. The number of amides is 2. The van der Waals surface area contributed by atoms with E-state index in [1.54, 1.807) is 19.1 Å². The van der Waals surface area contributed by atoms with Crippen LogP contribution in [0.1, 0.15) is 25.8 Å². The molecule has 0 bridgehead atoms. The number of piperazine rings is 1. The molecule has 9 heteroatoms. The fraction of sp³-hybridized carbons (Fsp3) is 0.400. The molecule has 2 aromatic carbocycles. The van der Waals surface area contributed by atoms with Gasteiger partial charge in [-0.15, -0.1) is 10.2 Å². The van der Waals surface area contributed by atoms with Crippen molar-refractivity contribution in [3.63, 3.8) is 0 Å². The van der Waals surface area contributed by atoms with Gasteiger partial charge in [0.25, 0.3) is 0 Å². The SMILES string of the molecule is CC[C@H](C)N(CC(=O)N1CCN(c2ccc(-c3ccc(OC)c(OC)c3)nn2)CC1)C(=O)Cc1ccccc1. The van der Waals surface area contributed by atoms with Crippen LogP contribution in [0.4, 0.5) is 5.82 Å². The fourth-order valence-electron chi connectivity index (χ4n) is 4.66. The van der Waals surface area contributed by atoms with E-state index in [4.69, 9.17) is 9.47 Å². The van der Waals surface area contributed by atoms with Crippen molar-refractivity contribution in [2.75, 3.05) is 51.8 Å². The van der Waals surface area contributed by atoms with Crippen LogP contribution >= 0.6 is 0 Å². The molecule has 0 spiro atoms. The Labute approximate surface area is 230 Å². The van der Waals surface area contributed by atoms with Crippen molar-refractivity contribution in [3.05, 3.63) is 66.2 Å². The van der Waals surface area contributed by atoms with Gasteiger partial charge in [0.2, 0.25) is 11.8 Å². The van der Waals surface area contributed by atoms with Crippen molar-refractivity contribution in [2.24, 2.45) is 0 Å². The monoisotopic (exact) mass is 531 g/mol. The summed E-state index contributed by atoms with van der Waals surface area (Å²) in [6.07, 6.45) is 1.09. The van der Waals surface area contributed by atoms with E-state index in [2.05, 4.69) is 15.1 Å². The first-order chi connectivity index (χ1) is 18.9. The van der Waals surface area contributed by atoms with Gasteiger partial charge >= 0.3 is 0 Å². The first-order valence-corrected chi connectivity index (χ1v) is 13.4. The summed E-state index contributed by atoms with van der Waals surface area (Å²) in [7, 11) is 3.21. The van der Waals surface area contributed by atoms with Gasteiger partial charge in [0.05, 0.1) is 26.3 Å². The highest BCUT2D eigenvalue weighted by molar-refractivity contribution is 5.86. The van der Waals surface area contributed by atoms with Crippen molar-refractivity contribution in [1.82, 2.24) is 20.0 Å². The number of methoxy groups -OCH3 is 2. The van der Waals surface area contributed by atoms with E-state index >= 15 is 0 Å². The van der Waals surface area contributed by atoms with Gasteiger partial charge in [-0.3, -0.25) is 9.59 Å². The molecule has 1 aliphatic heterocycles. The first kappa shape index (κ1) is 27.9. The molecule has 1 atom stereocenters. The Bertz CT molecular complexity index is 1240. The van der Waals surface area contributed by atoms with Gasteiger partial charge in [0, 0.05) is 37.8 Å². The summed E-state index contributed by atoms with van der Waals surface area (Å²) < 4.78 is 10.7. The van der Waals surface area contributed by atoms with Gasteiger partial charge in [-0.2, -0.15) is 0 Å². The summed E-state index contributed by atoms with van der Waals surface area (Å²) in [6.45, 7) is 6.57. The van der Waals surface area contributed by atoms with E-state index in [1.807, 2.05) is 79.4 Å². The maximum atomic E-state index is 13.2. The summed E-state index contributed by atoms with van der Waals surface area (Å²) in [4.78, 5) is 32.0. The smallest absolute Gasteiger partial charge is 0.242 e. The topological polar surface area (TPSA) is 88.1 Å².